The summed E-state index contributed by atoms with van der Waals surface area (Å²) in [7, 11) is 0. The van der Waals surface area contributed by atoms with Gasteiger partial charge >= 0.3 is 0 Å². The Bertz CT molecular complexity index is 972. The first-order valence-corrected chi connectivity index (χ1v) is 9.43. The van der Waals surface area contributed by atoms with Crippen LogP contribution in [0, 0.1) is 0 Å². The molecule has 4 rings (SSSR count). The van der Waals surface area contributed by atoms with Crippen LogP contribution in [0.2, 0.25) is 0 Å². The summed E-state index contributed by atoms with van der Waals surface area (Å²) in [6.45, 7) is 3.23. The standard InChI is InChI=1S/C20H18BrN3O3/c1-2-24(11-13-8-9-15-16(10-13)27-12-26-15)20(25)19-17(21)18(22-23-19)14-6-4-3-5-7-14/h3-10H,2,11-12H2,1H3,(H,22,23). The molecule has 1 aliphatic rings. The molecule has 0 saturated heterocycles. The Morgan fingerprint density at radius 3 is 2.74 bits per heavy atom. The summed E-state index contributed by atoms with van der Waals surface area (Å²) in [5, 5.41) is 7.20. The maximum Gasteiger partial charge on any atom is 0.273 e. The van der Waals surface area contributed by atoms with E-state index in [-0.39, 0.29) is 12.7 Å². The number of amides is 1. The molecule has 2 aromatic carbocycles. The number of rotatable bonds is 5. The summed E-state index contributed by atoms with van der Waals surface area (Å²) in [6.07, 6.45) is 0. The van der Waals surface area contributed by atoms with Crippen molar-refractivity contribution < 1.29 is 14.3 Å². The van der Waals surface area contributed by atoms with Crippen molar-refractivity contribution in [3.05, 3.63) is 64.3 Å². The molecule has 0 radical (unpaired) electrons. The quantitative estimate of drug-likeness (QED) is 0.661. The number of carbonyl (C=O) groups excluding carboxylic acids is 1. The lowest BCUT2D eigenvalue weighted by Gasteiger charge is -2.20. The van der Waals surface area contributed by atoms with E-state index in [4.69, 9.17) is 9.47 Å². The summed E-state index contributed by atoms with van der Waals surface area (Å²) in [6, 6.07) is 15.5. The van der Waals surface area contributed by atoms with Crippen LogP contribution < -0.4 is 9.47 Å². The van der Waals surface area contributed by atoms with Gasteiger partial charge in [-0.3, -0.25) is 9.89 Å². The number of nitrogens with one attached hydrogen (secondary N) is 1. The first kappa shape index (κ1) is 17.6. The molecule has 1 aromatic heterocycles. The third kappa shape index (κ3) is 3.42. The van der Waals surface area contributed by atoms with Crippen molar-refractivity contribution in [1.29, 1.82) is 0 Å². The van der Waals surface area contributed by atoms with Gasteiger partial charge in [-0.05, 0) is 40.5 Å². The zero-order valence-electron chi connectivity index (χ0n) is 14.7. The smallest absolute Gasteiger partial charge is 0.273 e. The number of aromatic nitrogens is 2. The maximum absolute atomic E-state index is 13.0. The van der Waals surface area contributed by atoms with Crippen LogP contribution in [-0.2, 0) is 6.54 Å². The topological polar surface area (TPSA) is 67.5 Å². The number of halogens is 1. The predicted octanol–water partition coefficient (Wildman–Crippen LogP) is 4.23. The monoisotopic (exact) mass is 427 g/mol. The molecule has 0 saturated carbocycles. The summed E-state index contributed by atoms with van der Waals surface area (Å²) in [5.74, 6) is 1.33. The molecule has 0 spiro atoms. The summed E-state index contributed by atoms with van der Waals surface area (Å²) in [5.41, 5.74) is 3.08. The Morgan fingerprint density at radius 2 is 1.96 bits per heavy atom. The van der Waals surface area contributed by atoms with Gasteiger partial charge in [-0.2, -0.15) is 5.10 Å². The normalized spacial score (nSPS) is 12.2. The molecule has 2 heterocycles. The molecule has 0 bridgehead atoms. The van der Waals surface area contributed by atoms with E-state index in [1.807, 2.05) is 55.5 Å². The molecule has 0 aliphatic carbocycles. The molecule has 138 valence electrons. The van der Waals surface area contributed by atoms with E-state index in [1.54, 1.807) is 4.90 Å². The van der Waals surface area contributed by atoms with Crippen molar-refractivity contribution in [2.45, 2.75) is 13.5 Å². The summed E-state index contributed by atoms with van der Waals surface area (Å²) >= 11 is 3.53. The molecule has 27 heavy (non-hydrogen) atoms. The minimum atomic E-state index is -0.114. The molecular formula is C20H18BrN3O3. The predicted molar refractivity (Wildman–Crippen MR) is 105 cm³/mol. The fourth-order valence-electron chi connectivity index (χ4n) is 3.00. The van der Waals surface area contributed by atoms with Crippen LogP contribution in [0.15, 0.2) is 53.0 Å². The third-order valence-electron chi connectivity index (χ3n) is 4.45. The second-order valence-corrected chi connectivity index (χ2v) is 6.93. The van der Waals surface area contributed by atoms with Crippen LogP contribution in [0.5, 0.6) is 11.5 Å². The van der Waals surface area contributed by atoms with Crippen LogP contribution in [0.1, 0.15) is 23.0 Å². The number of nitrogens with zero attached hydrogens (tertiary/aromatic N) is 2. The van der Waals surface area contributed by atoms with Gasteiger partial charge < -0.3 is 14.4 Å². The van der Waals surface area contributed by atoms with Gasteiger partial charge in [-0.25, -0.2) is 0 Å². The van der Waals surface area contributed by atoms with Gasteiger partial charge in [0.1, 0.15) is 11.4 Å². The number of H-pyrrole nitrogens is 1. The van der Waals surface area contributed by atoms with Crippen LogP contribution in [-0.4, -0.2) is 34.3 Å². The maximum atomic E-state index is 13.0. The Kier molecular flexibility index (Phi) is 4.85. The molecule has 7 heteroatoms. The summed E-state index contributed by atoms with van der Waals surface area (Å²) in [4.78, 5) is 14.8. The van der Waals surface area contributed by atoms with E-state index in [2.05, 4.69) is 26.1 Å². The minimum Gasteiger partial charge on any atom is -0.454 e. The van der Waals surface area contributed by atoms with Crippen molar-refractivity contribution in [1.82, 2.24) is 15.1 Å². The van der Waals surface area contributed by atoms with Crippen molar-refractivity contribution in [2.75, 3.05) is 13.3 Å². The average Bonchev–Trinajstić information content (AvgIpc) is 3.32. The van der Waals surface area contributed by atoms with E-state index in [0.29, 0.717) is 29.0 Å². The Morgan fingerprint density at radius 1 is 1.19 bits per heavy atom. The molecule has 0 unspecified atom stereocenters. The van der Waals surface area contributed by atoms with E-state index in [9.17, 15) is 4.79 Å². The SMILES string of the molecule is CCN(Cc1ccc2c(c1)OCO2)C(=O)c1[nH]nc(-c2ccccc2)c1Br. The van der Waals surface area contributed by atoms with E-state index < -0.39 is 0 Å². The highest BCUT2D eigenvalue weighted by atomic mass is 79.9. The molecule has 1 N–H and O–H groups in total. The van der Waals surface area contributed by atoms with Gasteiger partial charge in [-0.15, -0.1) is 0 Å². The van der Waals surface area contributed by atoms with E-state index in [1.165, 1.54) is 0 Å². The average molecular weight is 428 g/mol. The van der Waals surface area contributed by atoms with Gasteiger partial charge in [0.2, 0.25) is 6.79 Å². The Hall–Kier alpha value is -2.80. The highest BCUT2D eigenvalue weighted by Gasteiger charge is 2.23. The lowest BCUT2D eigenvalue weighted by Crippen LogP contribution is -2.30. The molecule has 3 aromatic rings. The van der Waals surface area contributed by atoms with Crippen molar-refractivity contribution in [3.63, 3.8) is 0 Å². The van der Waals surface area contributed by atoms with Crippen LogP contribution >= 0.6 is 15.9 Å². The fraction of sp³-hybridized carbons (Fsp3) is 0.200. The molecular weight excluding hydrogens is 410 g/mol. The van der Waals surface area contributed by atoms with Crippen molar-refractivity contribution in [2.24, 2.45) is 0 Å². The second-order valence-electron chi connectivity index (χ2n) is 6.13. The molecule has 6 nitrogen and oxygen atoms in total. The van der Waals surface area contributed by atoms with Crippen molar-refractivity contribution >= 4 is 21.8 Å². The number of carbonyl (C=O) groups is 1. The molecule has 0 fully saturated rings. The molecule has 0 atom stereocenters. The first-order chi connectivity index (χ1) is 13.2. The lowest BCUT2D eigenvalue weighted by molar-refractivity contribution is 0.0745. The number of benzene rings is 2. The highest BCUT2D eigenvalue weighted by Crippen LogP contribution is 2.33. The van der Waals surface area contributed by atoms with Crippen LogP contribution in [0.3, 0.4) is 0 Å². The number of aromatic amines is 1. The molecule has 1 amide bonds. The van der Waals surface area contributed by atoms with E-state index in [0.717, 1.165) is 22.6 Å². The number of ether oxygens (including phenoxy) is 2. The van der Waals surface area contributed by atoms with Crippen LogP contribution in [0.4, 0.5) is 0 Å². The highest BCUT2D eigenvalue weighted by molar-refractivity contribution is 9.10. The van der Waals surface area contributed by atoms with E-state index >= 15 is 0 Å². The van der Waals surface area contributed by atoms with Gasteiger partial charge in [0, 0.05) is 18.7 Å². The number of hydrogen-bond acceptors (Lipinski definition) is 4. The number of fused-ring (bicyclic) bond motifs is 1. The van der Waals surface area contributed by atoms with Crippen LogP contribution in [0.25, 0.3) is 11.3 Å². The fourth-order valence-corrected chi connectivity index (χ4v) is 3.58. The second kappa shape index (κ2) is 7.44. The Labute approximate surface area is 165 Å². The van der Waals surface area contributed by atoms with Crippen molar-refractivity contribution in [3.8, 4) is 22.8 Å². The van der Waals surface area contributed by atoms with Gasteiger partial charge in [0.05, 0.1) is 4.47 Å². The van der Waals surface area contributed by atoms with Gasteiger partial charge in [0.25, 0.3) is 5.91 Å². The Balaban J connectivity index is 1.57. The summed E-state index contributed by atoms with van der Waals surface area (Å²) < 4.78 is 11.4. The molecule has 1 aliphatic heterocycles. The lowest BCUT2D eigenvalue weighted by atomic mass is 10.1. The zero-order chi connectivity index (χ0) is 18.8. The van der Waals surface area contributed by atoms with Gasteiger partial charge in [0.15, 0.2) is 11.5 Å². The largest absolute Gasteiger partial charge is 0.454 e. The third-order valence-corrected chi connectivity index (χ3v) is 5.22. The number of hydrogen-bond donors (Lipinski definition) is 1. The minimum absolute atomic E-state index is 0.114. The zero-order valence-corrected chi connectivity index (χ0v) is 16.3. The first-order valence-electron chi connectivity index (χ1n) is 8.64. The van der Waals surface area contributed by atoms with Gasteiger partial charge in [-0.1, -0.05) is 36.4 Å².